The molecule has 0 saturated heterocycles. The van der Waals surface area contributed by atoms with Gasteiger partial charge in [-0.1, -0.05) is 6.08 Å². The van der Waals surface area contributed by atoms with E-state index in [1.54, 1.807) is 13.0 Å². The Labute approximate surface area is 60.2 Å². The lowest BCUT2D eigenvalue weighted by molar-refractivity contribution is -0.113. The van der Waals surface area contributed by atoms with Gasteiger partial charge in [0.05, 0.1) is 0 Å². The summed E-state index contributed by atoms with van der Waals surface area (Å²) in [6, 6.07) is 0. The fraction of sp³-hybridized carbons (Fsp3) is 0.375. The van der Waals surface area contributed by atoms with Gasteiger partial charge in [-0.3, -0.25) is 4.79 Å². The van der Waals surface area contributed by atoms with Gasteiger partial charge in [0.2, 0.25) is 0 Å². The van der Waals surface area contributed by atoms with E-state index in [2.05, 4.69) is 0 Å². The summed E-state index contributed by atoms with van der Waals surface area (Å²) >= 11 is 0. The Kier molecular flexibility index (Phi) is 3.62. The zero-order valence-corrected chi connectivity index (χ0v) is 6.44. The highest BCUT2D eigenvalue weighted by atomic mass is 19.1. The molecule has 0 saturated carbocycles. The maximum Gasteiger partial charge on any atom is 0.158 e. The summed E-state index contributed by atoms with van der Waals surface area (Å²) in [6.45, 7) is 4.52. The first-order chi connectivity index (χ1) is 4.59. The molecule has 56 valence electrons. The van der Waals surface area contributed by atoms with Crippen molar-refractivity contribution in [2.45, 2.75) is 20.8 Å². The summed E-state index contributed by atoms with van der Waals surface area (Å²) in [5, 5.41) is 0. The van der Waals surface area contributed by atoms with E-state index in [1.165, 1.54) is 19.9 Å². The van der Waals surface area contributed by atoms with Gasteiger partial charge < -0.3 is 0 Å². The number of halogens is 1. The van der Waals surface area contributed by atoms with E-state index in [-0.39, 0.29) is 11.4 Å². The highest BCUT2D eigenvalue weighted by molar-refractivity contribution is 5.93. The van der Waals surface area contributed by atoms with Crippen LogP contribution in [0.4, 0.5) is 4.39 Å². The first-order valence-electron chi connectivity index (χ1n) is 3.09. The summed E-state index contributed by atoms with van der Waals surface area (Å²) in [5.74, 6) is -0.675. The SMILES string of the molecule is C/C=C\C(F)=C(/C)C(C)=O. The number of hydrogen-bond acceptors (Lipinski definition) is 1. The molecule has 0 aromatic carbocycles. The zero-order chi connectivity index (χ0) is 8.15. The van der Waals surface area contributed by atoms with Crippen LogP contribution in [0.25, 0.3) is 0 Å². The molecule has 0 unspecified atom stereocenters. The van der Waals surface area contributed by atoms with Gasteiger partial charge in [0, 0.05) is 5.57 Å². The molecule has 1 nitrogen and oxygen atoms in total. The Bertz CT molecular complexity index is 189. The second kappa shape index (κ2) is 3.99. The monoisotopic (exact) mass is 142 g/mol. The first-order valence-corrected chi connectivity index (χ1v) is 3.09. The van der Waals surface area contributed by atoms with Crippen LogP contribution in [0.1, 0.15) is 20.8 Å². The standard InChI is InChI=1S/C8H11FO/c1-4-5-8(9)6(2)7(3)10/h4-5H,1-3H3/b5-4-,8-6-. The van der Waals surface area contributed by atoms with Crippen molar-refractivity contribution in [1.82, 2.24) is 0 Å². The third kappa shape index (κ3) is 2.58. The molecule has 0 aliphatic rings. The summed E-state index contributed by atoms with van der Waals surface area (Å²) in [7, 11) is 0. The van der Waals surface area contributed by atoms with Crippen molar-refractivity contribution in [1.29, 1.82) is 0 Å². The number of hydrogen-bond donors (Lipinski definition) is 0. The van der Waals surface area contributed by atoms with E-state index >= 15 is 0 Å². The van der Waals surface area contributed by atoms with E-state index in [1.807, 2.05) is 0 Å². The van der Waals surface area contributed by atoms with Crippen LogP contribution in [0.5, 0.6) is 0 Å². The summed E-state index contributed by atoms with van der Waals surface area (Å²) in [6.07, 6.45) is 2.83. The second-order valence-electron chi connectivity index (χ2n) is 2.03. The molecular formula is C8H11FO. The van der Waals surface area contributed by atoms with E-state index in [0.717, 1.165) is 0 Å². The van der Waals surface area contributed by atoms with Crippen LogP contribution in [-0.4, -0.2) is 5.78 Å². The topological polar surface area (TPSA) is 17.1 Å². The smallest absolute Gasteiger partial charge is 0.158 e. The molecule has 0 fully saturated rings. The molecule has 0 aliphatic carbocycles. The Hall–Kier alpha value is -0.920. The van der Waals surface area contributed by atoms with Crippen LogP contribution in [0.3, 0.4) is 0 Å². The molecule has 10 heavy (non-hydrogen) atoms. The van der Waals surface area contributed by atoms with Crippen LogP contribution in [0.15, 0.2) is 23.6 Å². The molecule has 0 atom stereocenters. The predicted octanol–water partition coefficient (Wildman–Crippen LogP) is 2.40. The van der Waals surface area contributed by atoms with Crippen molar-refractivity contribution in [2.24, 2.45) is 0 Å². The van der Waals surface area contributed by atoms with Crippen molar-refractivity contribution in [3.63, 3.8) is 0 Å². The third-order valence-corrected chi connectivity index (χ3v) is 1.20. The van der Waals surface area contributed by atoms with E-state index in [9.17, 15) is 9.18 Å². The average molecular weight is 142 g/mol. The van der Waals surface area contributed by atoms with Gasteiger partial charge >= 0.3 is 0 Å². The quantitative estimate of drug-likeness (QED) is 0.427. The largest absolute Gasteiger partial charge is 0.295 e. The molecule has 0 N–H and O–H groups in total. The van der Waals surface area contributed by atoms with E-state index < -0.39 is 5.83 Å². The highest BCUT2D eigenvalue weighted by Crippen LogP contribution is 2.07. The van der Waals surface area contributed by atoms with Crippen molar-refractivity contribution in [3.05, 3.63) is 23.6 Å². The van der Waals surface area contributed by atoms with Crippen LogP contribution < -0.4 is 0 Å². The van der Waals surface area contributed by atoms with Gasteiger partial charge in [0.25, 0.3) is 0 Å². The zero-order valence-electron chi connectivity index (χ0n) is 6.44. The highest BCUT2D eigenvalue weighted by Gasteiger charge is 2.01. The van der Waals surface area contributed by atoms with E-state index in [0.29, 0.717) is 0 Å². The average Bonchev–Trinajstić information content (AvgIpc) is 1.87. The normalized spacial score (nSPS) is 13.6. The lowest BCUT2D eigenvalue weighted by atomic mass is 10.2. The minimum atomic E-state index is -0.449. The maximum absolute atomic E-state index is 12.6. The lowest BCUT2D eigenvalue weighted by Crippen LogP contribution is -1.92. The fourth-order valence-electron chi connectivity index (χ4n) is 0.439. The summed E-state index contributed by atoms with van der Waals surface area (Å²) in [4.78, 5) is 10.5. The molecule has 0 radical (unpaired) electrons. The van der Waals surface area contributed by atoms with Crippen LogP contribution >= 0.6 is 0 Å². The molecule has 0 aromatic rings. The summed E-state index contributed by atoms with van der Waals surface area (Å²) in [5.41, 5.74) is 0.179. The van der Waals surface area contributed by atoms with Crippen molar-refractivity contribution in [3.8, 4) is 0 Å². The molecular weight excluding hydrogens is 131 g/mol. The summed E-state index contributed by atoms with van der Waals surface area (Å²) < 4.78 is 12.6. The molecule has 0 rings (SSSR count). The Morgan fingerprint density at radius 2 is 1.90 bits per heavy atom. The van der Waals surface area contributed by atoms with Gasteiger partial charge in [-0.2, -0.15) is 0 Å². The van der Waals surface area contributed by atoms with Gasteiger partial charge in [-0.15, -0.1) is 0 Å². The van der Waals surface area contributed by atoms with Crippen LogP contribution in [0, 0.1) is 0 Å². The van der Waals surface area contributed by atoms with E-state index in [4.69, 9.17) is 0 Å². The van der Waals surface area contributed by atoms with Gasteiger partial charge in [-0.05, 0) is 26.8 Å². The van der Waals surface area contributed by atoms with Crippen molar-refractivity contribution in [2.75, 3.05) is 0 Å². The minimum Gasteiger partial charge on any atom is -0.295 e. The Morgan fingerprint density at radius 1 is 1.40 bits per heavy atom. The molecule has 0 heterocycles. The van der Waals surface area contributed by atoms with Crippen molar-refractivity contribution >= 4 is 5.78 Å². The minimum absolute atomic E-state index is 0.179. The fourth-order valence-corrected chi connectivity index (χ4v) is 0.439. The Balaban J connectivity index is 4.50. The molecule has 0 amide bonds. The number of Topliss-reactive ketones (excluding diaryl/α,β-unsaturated/α-hetero) is 1. The lowest BCUT2D eigenvalue weighted by Gasteiger charge is -1.92. The number of allylic oxidation sites excluding steroid dienone is 4. The first kappa shape index (κ1) is 9.08. The maximum atomic E-state index is 12.6. The molecule has 0 aromatic heterocycles. The van der Waals surface area contributed by atoms with Gasteiger partial charge in [0.15, 0.2) is 5.78 Å². The van der Waals surface area contributed by atoms with Gasteiger partial charge in [-0.25, -0.2) is 4.39 Å². The molecule has 0 bridgehead atoms. The van der Waals surface area contributed by atoms with Crippen LogP contribution in [0.2, 0.25) is 0 Å². The second-order valence-corrected chi connectivity index (χ2v) is 2.03. The number of carbonyl (C=O) groups is 1. The number of rotatable bonds is 2. The number of ketones is 1. The number of carbonyl (C=O) groups excluding carboxylic acids is 1. The third-order valence-electron chi connectivity index (χ3n) is 1.20. The van der Waals surface area contributed by atoms with Crippen molar-refractivity contribution < 1.29 is 9.18 Å². The van der Waals surface area contributed by atoms with Crippen LogP contribution in [-0.2, 0) is 4.79 Å². The molecule has 0 aliphatic heterocycles. The molecule has 0 spiro atoms. The Morgan fingerprint density at radius 3 is 2.20 bits per heavy atom. The predicted molar refractivity (Wildman–Crippen MR) is 39.3 cm³/mol. The van der Waals surface area contributed by atoms with Gasteiger partial charge in [0.1, 0.15) is 5.83 Å². The molecule has 2 heteroatoms.